The Labute approximate surface area is 127 Å². The average Bonchev–Trinajstić information content (AvgIpc) is 2.53. The van der Waals surface area contributed by atoms with Gasteiger partial charge in [0, 0.05) is 11.1 Å². The van der Waals surface area contributed by atoms with Gasteiger partial charge < -0.3 is 5.73 Å². The maximum atomic E-state index is 12.4. The maximum Gasteiger partial charge on any atom is 0.282 e. The number of hydrogen-bond donors (Lipinski definition) is 1. The van der Waals surface area contributed by atoms with Gasteiger partial charge in [-0.25, -0.2) is 0 Å². The monoisotopic (exact) mass is 312 g/mol. The molecule has 2 aromatic rings. The van der Waals surface area contributed by atoms with E-state index in [1.165, 1.54) is 18.2 Å². The standard InChI is InChI=1S/C16H12N2O3S/c17-14-10-15(12-8-4-5-9-13(12)16(14)19)18-22(20,21)11-6-2-1-3-7-11/h1-10H,17H2/b18-15-. The molecule has 2 aromatic carbocycles. The minimum absolute atomic E-state index is 0.0271. The smallest absolute Gasteiger partial charge is 0.282 e. The van der Waals surface area contributed by atoms with Crippen molar-refractivity contribution >= 4 is 21.5 Å². The van der Waals surface area contributed by atoms with Crippen LogP contribution in [-0.2, 0) is 10.0 Å². The highest BCUT2D eigenvalue weighted by atomic mass is 32.2. The van der Waals surface area contributed by atoms with E-state index in [2.05, 4.69) is 4.40 Å². The van der Waals surface area contributed by atoms with Crippen LogP contribution in [0.1, 0.15) is 15.9 Å². The summed E-state index contributed by atoms with van der Waals surface area (Å²) in [4.78, 5) is 12.1. The van der Waals surface area contributed by atoms with Gasteiger partial charge in [0.25, 0.3) is 10.0 Å². The zero-order valence-electron chi connectivity index (χ0n) is 11.4. The third-order valence-electron chi connectivity index (χ3n) is 3.26. The molecule has 0 bridgehead atoms. The van der Waals surface area contributed by atoms with Gasteiger partial charge in [-0.2, -0.15) is 12.8 Å². The lowest BCUT2D eigenvalue weighted by Crippen LogP contribution is -2.22. The molecule has 0 amide bonds. The number of carbonyl (C=O) groups is 1. The summed E-state index contributed by atoms with van der Waals surface area (Å²) in [5.74, 6) is -0.327. The summed E-state index contributed by atoms with van der Waals surface area (Å²) < 4.78 is 28.6. The van der Waals surface area contributed by atoms with Gasteiger partial charge in [0.05, 0.1) is 16.3 Å². The van der Waals surface area contributed by atoms with Crippen molar-refractivity contribution in [2.24, 2.45) is 10.1 Å². The molecule has 22 heavy (non-hydrogen) atoms. The van der Waals surface area contributed by atoms with Crippen LogP contribution in [0.5, 0.6) is 0 Å². The normalized spacial score (nSPS) is 16.3. The molecule has 1 aliphatic rings. The molecule has 5 nitrogen and oxygen atoms in total. The summed E-state index contributed by atoms with van der Waals surface area (Å²) >= 11 is 0. The third-order valence-corrected chi connectivity index (χ3v) is 4.57. The second-order valence-electron chi connectivity index (χ2n) is 4.74. The summed E-state index contributed by atoms with van der Waals surface area (Å²) in [6.07, 6.45) is 1.30. The van der Waals surface area contributed by atoms with Crippen LogP contribution in [0.25, 0.3) is 0 Å². The van der Waals surface area contributed by atoms with Crippen molar-refractivity contribution < 1.29 is 13.2 Å². The van der Waals surface area contributed by atoms with E-state index in [1.807, 2.05) is 0 Å². The Morgan fingerprint density at radius 3 is 2.14 bits per heavy atom. The largest absolute Gasteiger partial charge is 0.395 e. The number of ketones is 1. The molecule has 110 valence electrons. The van der Waals surface area contributed by atoms with Crippen molar-refractivity contribution in [2.45, 2.75) is 4.90 Å². The molecule has 0 unspecified atom stereocenters. The first kappa shape index (κ1) is 14.2. The van der Waals surface area contributed by atoms with Gasteiger partial charge in [0.15, 0.2) is 0 Å². The minimum Gasteiger partial charge on any atom is -0.395 e. The SMILES string of the molecule is NC1=C/C(=N/S(=O)(=O)c2ccccc2)c2ccccc2C1=O. The molecule has 1 aliphatic carbocycles. The lowest BCUT2D eigenvalue weighted by molar-refractivity contribution is 0.103. The Morgan fingerprint density at radius 1 is 0.864 bits per heavy atom. The van der Waals surface area contributed by atoms with E-state index in [-0.39, 0.29) is 22.1 Å². The fraction of sp³-hybridized carbons (Fsp3) is 0. The highest BCUT2D eigenvalue weighted by Crippen LogP contribution is 2.21. The van der Waals surface area contributed by atoms with Crippen LogP contribution in [0.2, 0.25) is 0 Å². The second-order valence-corrected chi connectivity index (χ2v) is 6.34. The van der Waals surface area contributed by atoms with Crippen LogP contribution < -0.4 is 5.73 Å². The third kappa shape index (κ3) is 2.44. The molecule has 0 atom stereocenters. The number of nitrogens with zero attached hydrogens (tertiary/aromatic N) is 1. The fourth-order valence-electron chi connectivity index (χ4n) is 2.20. The van der Waals surface area contributed by atoms with Crippen LogP contribution >= 0.6 is 0 Å². The van der Waals surface area contributed by atoms with Gasteiger partial charge in [0.2, 0.25) is 5.78 Å². The van der Waals surface area contributed by atoms with Crippen molar-refractivity contribution in [1.82, 2.24) is 0 Å². The first-order valence-corrected chi connectivity index (χ1v) is 7.94. The topological polar surface area (TPSA) is 89.6 Å². The Hall–Kier alpha value is -2.73. The van der Waals surface area contributed by atoms with Gasteiger partial charge in [-0.05, 0) is 18.2 Å². The molecule has 6 heteroatoms. The van der Waals surface area contributed by atoms with E-state index in [1.54, 1.807) is 42.5 Å². The number of benzene rings is 2. The van der Waals surface area contributed by atoms with Crippen molar-refractivity contribution in [3.63, 3.8) is 0 Å². The lowest BCUT2D eigenvalue weighted by atomic mass is 9.93. The molecule has 0 spiro atoms. The maximum absolute atomic E-state index is 12.4. The first-order chi connectivity index (χ1) is 10.5. The molecule has 0 saturated heterocycles. The molecule has 0 radical (unpaired) electrons. The van der Waals surface area contributed by atoms with Crippen molar-refractivity contribution in [1.29, 1.82) is 0 Å². The van der Waals surface area contributed by atoms with Gasteiger partial charge >= 0.3 is 0 Å². The van der Waals surface area contributed by atoms with Crippen LogP contribution in [0.4, 0.5) is 0 Å². The molecule has 2 N–H and O–H groups in total. The summed E-state index contributed by atoms with van der Waals surface area (Å²) in [6, 6.07) is 14.5. The predicted octanol–water partition coefficient (Wildman–Crippen LogP) is 1.90. The van der Waals surface area contributed by atoms with Crippen LogP contribution in [-0.4, -0.2) is 19.9 Å². The number of sulfonamides is 1. The van der Waals surface area contributed by atoms with E-state index in [0.29, 0.717) is 11.1 Å². The van der Waals surface area contributed by atoms with E-state index < -0.39 is 10.0 Å². The van der Waals surface area contributed by atoms with E-state index >= 15 is 0 Å². The van der Waals surface area contributed by atoms with E-state index in [4.69, 9.17) is 5.73 Å². The summed E-state index contributed by atoms with van der Waals surface area (Å²) in [6.45, 7) is 0. The Balaban J connectivity index is 2.18. The molecule has 0 saturated carbocycles. The lowest BCUT2D eigenvalue weighted by Gasteiger charge is -2.14. The van der Waals surface area contributed by atoms with Gasteiger partial charge in [0.1, 0.15) is 0 Å². The molecule has 0 fully saturated rings. The molecular weight excluding hydrogens is 300 g/mol. The number of hydrogen-bond acceptors (Lipinski definition) is 4. The summed E-state index contributed by atoms with van der Waals surface area (Å²) in [5.41, 5.74) is 6.62. The fourth-order valence-corrected chi connectivity index (χ4v) is 3.22. The Bertz CT molecular complexity index is 913. The first-order valence-electron chi connectivity index (χ1n) is 6.50. The minimum atomic E-state index is -3.87. The van der Waals surface area contributed by atoms with Gasteiger partial charge in [-0.15, -0.1) is 0 Å². The van der Waals surface area contributed by atoms with Crippen LogP contribution in [0, 0.1) is 0 Å². The highest BCUT2D eigenvalue weighted by Gasteiger charge is 2.24. The summed E-state index contributed by atoms with van der Waals surface area (Å²) in [5, 5.41) is 0. The van der Waals surface area contributed by atoms with Gasteiger partial charge in [-0.3, -0.25) is 4.79 Å². The van der Waals surface area contributed by atoms with Crippen molar-refractivity contribution in [3.8, 4) is 0 Å². The zero-order valence-corrected chi connectivity index (χ0v) is 12.2. The number of fused-ring (bicyclic) bond motifs is 1. The highest BCUT2D eigenvalue weighted by molar-refractivity contribution is 7.90. The zero-order chi connectivity index (χ0) is 15.7. The molecule has 3 rings (SSSR count). The summed E-state index contributed by atoms with van der Waals surface area (Å²) in [7, 11) is -3.87. The molecule has 0 aromatic heterocycles. The Kier molecular flexibility index (Phi) is 3.38. The van der Waals surface area contributed by atoms with Crippen molar-refractivity contribution in [2.75, 3.05) is 0 Å². The van der Waals surface area contributed by atoms with E-state index in [9.17, 15) is 13.2 Å². The van der Waals surface area contributed by atoms with Gasteiger partial charge in [-0.1, -0.05) is 42.5 Å². The second kappa shape index (κ2) is 5.23. The molecule has 0 heterocycles. The van der Waals surface area contributed by atoms with E-state index in [0.717, 1.165) is 0 Å². The number of Topliss-reactive ketones (excluding diaryl/α,β-unsaturated/α-hetero) is 1. The quantitative estimate of drug-likeness (QED) is 0.917. The van der Waals surface area contributed by atoms with Crippen LogP contribution in [0.15, 0.2) is 75.7 Å². The van der Waals surface area contributed by atoms with Crippen LogP contribution in [0.3, 0.4) is 0 Å². The average molecular weight is 312 g/mol. The molecular formula is C16H12N2O3S. The Morgan fingerprint density at radius 2 is 1.45 bits per heavy atom. The number of nitrogens with two attached hydrogens (primary N) is 1. The number of allylic oxidation sites excluding steroid dienone is 2. The number of rotatable bonds is 2. The number of carbonyl (C=O) groups excluding carboxylic acids is 1. The molecule has 0 aliphatic heterocycles. The predicted molar refractivity (Wildman–Crippen MR) is 83.2 cm³/mol. The van der Waals surface area contributed by atoms with Crippen molar-refractivity contribution in [3.05, 3.63) is 77.5 Å².